The van der Waals surface area contributed by atoms with Gasteiger partial charge in [-0.1, -0.05) is 12.1 Å². The number of phenols is 1. The first kappa shape index (κ1) is 15.6. The number of phenolic OH excluding ortho intramolecular Hbond substituents is 1. The van der Waals surface area contributed by atoms with Crippen LogP contribution in [0.15, 0.2) is 29.2 Å². The van der Waals surface area contributed by atoms with Gasteiger partial charge in [-0.2, -0.15) is 8.42 Å². The van der Waals surface area contributed by atoms with Gasteiger partial charge < -0.3 is 13.4 Å². The van der Waals surface area contributed by atoms with Gasteiger partial charge in [0.1, 0.15) is 10.6 Å². The predicted molar refractivity (Wildman–Crippen MR) is 49.5 cm³/mol. The van der Waals surface area contributed by atoms with E-state index in [1.165, 1.54) is 18.2 Å². The van der Waals surface area contributed by atoms with Gasteiger partial charge in [-0.05, 0) is 12.1 Å². The van der Waals surface area contributed by atoms with Gasteiger partial charge in [0.05, 0.1) is 0 Å². The summed E-state index contributed by atoms with van der Waals surface area (Å²) in [4.78, 5) is -0.472. The molecule has 1 rings (SSSR count). The van der Waals surface area contributed by atoms with Gasteiger partial charge in [0, 0.05) is 0 Å². The van der Waals surface area contributed by atoms with Crippen LogP contribution in [-0.2, 0) is 10.1 Å². The molecule has 4 N–H and O–H groups in total. The Kier molecular flexibility index (Phi) is 6.96. The summed E-state index contributed by atoms with van der Waals surface area (Å²) in [5.41, 5.74) is 0. The second-order valence-electron chi connectivity index (χ2n) is 1.94. The fourth-order valence-corrected chi connectivity index (χ4v) is 1.26. The molecule has 0 saturated heterocycles. The largest absolute Gasteiger partial charge is 2.00 e. The van der Waals surface area contributed by atoms with Crippen molar-refractivity contribution in [2.45, 2.75) is 4.90 Å². The SMILES string of the molecule is O.O=S(=O)(O)c1ccccc1O.[Ca+2].[H-].[H-]. The van der Waals surface area contributed by atoms with E-state index < -0.39 is 20.8 Å². The van der Waals surface area contributed by atoms with Crippen LogP contribution in [-0.4, -0.2) is 61.3 Å². The molecule has 0 aliphatic rings. The van der Waals surface area contributed by atoms with Crippen molar-refractivity contribution in [1.29, 1.82) is 0 Å². The van der Waals surface area contributed by atoms with Crippen LogP contribution in [0.3, 0.4) is 0 Å². The Bertz CT molecular complexity index is 370. The van der Waals surface area contributed by atoms with Crippen molar-refractivity contribution in [1.82, 2.24) is 0 Å². The molecule has 0 aliphatic heterocycles. The molecular weight excluding hydrogens is 224 g/mol. The standard InChI is InChI=1S/C6H6O4S.Ca.H2O.2H/c7-5-3-1-2-4-6(5)11(8,9)10;;;;/h1-4,7H,(H,8,9,10);;1H2;;/q;+2;;2*-1. The third-order valence-corrected chi connectivity index (χ3v) is 2.04. The Hall–Kier alpha value is 0.150. The summed E-state index contributed by atoms with van der Waals surface area (Å²) >= 11 is 0. The van der Waals surface area contributed by atoms with E-state index in [1.807, 2.05) is 0 Å². The average Bonchev–Trinajstić information content (AvgIpc) is 1.86. The molecule has 1 aromatic rings. The summed E-state index contributed by atoms with van der Waals surface area (Å²) < 4.78 is 29.4. The van der Waals surface area contributed by atoms with E-state index in [0.29, 0.717) is 0 Å². The average molecular weight is 234 g/mol. The Balaban J connectivity index is -0.000000151. The predicted octanol–water partition coefficient (Wildman–Crippen LogP) is -0.342. The van der Waals surface area contributed by atoms with Gasteiger partial charge in [-0.25, -0.2) is 0 Å². The molecule has 0 aliphatic carbocycles. The molecular formula is C6H10CaO5S. The van der Waals surface area contributed by atoms with E-state index in [2.05, 4.69) is 0 Å². The first-order valence-corrected chi connectivity index (χ1v) is 4.21. The third-order valence-electron chi connectivity index (χ3n) is 1.14. The van der Waals surface area contributed by atoms with E-state index in [1.54, 1.807) is 0 Å². The van der Waals surface area contributed by atoms with E-state index in [0.717, 1.165) is 6.07 Å². The summed E-state index contributed by atoms with van der Waals surface area (Å²) in [6.45, 7) is 0. The van der Waals surface area contributed by atoms with Gasteiger partial charge in [0.25, 0.3) is 10.1 Å². The molecule has 5 nitrogen and oxygen atoms in total. The molecule has 72 valence electrons. The monoisotopic (exact) mass is 234 g/mol. The zero-order chi connectivity index (χ0) is 8.48. The number of aromatic hydroxyl groups is 1. The summed E-state index contributed by atoms with van der Waals surface area (Å²) in [7, 11) is -4.28. The normalized spacial score (nSPS) is 9.62. The second-order valence-corrected chi connectivity index (χ2v) is 3.33. The zero-order valence-electron chi connectivity index (χ0n) is 8.64. The minimum Gasteiger partial charge on any atom is -1.00 e. The maximum absolute atomic E-state index is 10.4. The summed E-state index contributed by atoms with van der Waals surface area (Å²) in [5.74, 6) is -0.449. The molecule has 13 heavy (non-hydrogen) atoms. The van der Waals surface area contributed by atoms with E-state index in [9.17, 15) is 8.42 Å². The Labute approximate surface area is 108 Å². The molecule has 0 radical (unpaired) electrons. The Morgan fingerprint density at radius 3 is 2.00 bits per heavy atom. The Morgan fingerprint density at radius 1 is 1.23 bits per heavy atom. The van der Waals surface area contributed by atoms with Gasteiger partial charge in [0.2, 0.25) is 0 Å². The molecule has 0 spiro atoms. The van der Waals surface area contributed by atoms with Crippen molar-refractivity contribution in [3.8, 4) is 5.75 Å². The van der Waals surface area contributed by atoms with Crippen molar-refractivity contribution >= 4 is 47.9 Å². The number of hydrogen-bond donors (Lipinski definition) is 2. The van der Waals surface area contributed by atoms with Gasteiger partial charge in [0.15, 0.2) is 0 Å². The van der Waals surface area contributed by atoms with Gasteiger partial charge in [-0.3, -0.25) is 4.55 Å². The van der Waals surface area contributed by atoms with Crippen LogP contribution in [0.4, 0.5) is 0 Å². The van der Waals surface area contributed by atoms with Crippen LogP contribution in [0.25, 0.3) is 0 Å². The maximum atomic E-state index is 10.4. The quantitative estimate of drug-likeness (QED) is 0.512. The second kappa shape index (κ2) is 5.79. The van der Waals surface area contributed by atoms with E-state index >= 15 is 0 Å². The first-order chi connectivity index (χ1) is 5.02. The fraction of sp³-hybridized carbons (Fsp3) is 0. The minimum atomic E-state index is -4.28. The molecule has 0 bridgehead atoms. The molecule has 1 aromatic carbocycles. The zero-order valence-corrected chi connectivity index (χ0v) is 9.66. The van der Waals surface area contributed by atoms with E-state index in [4.69, 9.17) is 9.66 Å². The molecule has 0 heterocycles. The van der Waals surface area contributed by atoms with Crippen molar-refractivity contribution in [3.63, 3.8) is 0 Å². The maximum Gasteiger partial charge on any atom is 2.00 e. The molecule has 0 fully saturated rings. The summed E-state index contributed by atoms with van der Waals surface area (Å²) in [5, 5.41) is 8.91. The van der Waals surface area contributed by atoms with Crippen LogP contribution < -0.4 is 0 Å². The van der Waals surface area contributed by atoms with Crippen molar-refractivity contribution in [2.75, 3.05) is 0 Å². The van der Waals surface area contributed by atoms with Crippen LogP contribution >= 0.6 is 0 Å². The van der Waals surface area contributed by atoms with Gasteiger partial charge in [-0.15, -0.1) is 0 Å². The summed E-state index contributed by atoms with van der Waals surface area (Å²) in [6.07, 6.45) is 0. The minimum absolute atomic E-state index is 0. The Morgan fingerprint density at radius 2 is 1.69 bits per heavy atom. The number of para-hydroxylation sites is 1. The number of benzene rings is 1. The molecule has 0 atom stereocenters. The first-order valence-electron chi connectivity index (χ1n) is 2.77. The smallest absolute Gasteiger partial charge is 1.00 e. The topological polar surface area (TPSA) is 106 Å². The molecule has 0 amide bonds. The van der Waals surface area contributed by atoms with Crippen LogP contribution in [0.5, 0.6) is 5.75 Å². The summed E-state index contributed by atoms with van der Waals surface area (Å²) in [6, 6.07) is 5.17. The van der Waals surface area contributed by atoms with Crippen LogP contribution in [0.1, 0.15) is 2.85 Å². The molecule has 0 unspecified atom stereocenters. The molecule has 0 aromatic heterocycles. The third kappa shape index (κ3) is 4.26. The number of rotatable bonds is 1. The molecule has 0 saturated carbocycles. The number of hydrogen-bond acceptors (Lipinski definition) is 3. The van der Waals surface area contributed by atoms with Crippen molar-refractivity contribution in [2.24, 2.45) is 0 Å². The van der Waals surface area contributed by atoms with Crippen molar-refractivity contribution in [3.05, 3.63) is 24.3 Å². The van der Waals surface area contributed by atoms with Crippen LogP contribution in [0.2, 0.25) is 0 Å². The van der Waals surface area contributed by atoms with Gasteiger partial charge >= 0.3 is 37.7 Å². The van der Waals surface area contributed by atoms with Crippen LogP contribution in [0, 0.1) is 0 Å². The van der Waals surface area contributed by atoms with E-state index in [-0.39, 0.29) is 46.1 Å². The molecule has 7 heteroatoms. The van der Waals surface area contributed by atoms with Crippen molar-refractivity contribution < 1.29 is 26.4 Å². The fourth-order valence-electron chi connectivity index (χ4n) is 0.675.